The predicted molar refractivity (Wildman–Crippen MR) is 75.0 cm³/mol. The molecular formula is C13H28N2S. The molecule has 0 spiro atoms. The van der Waals surface area contributed by atoms with Gasteiger partial charge in [-0.25, -0.2) is 0 Å². The largest absolute Gasteiger partial charge is 0.329 e. The summed E-state index contributed by atoms with van der Waals surface area (Å²) in [6.45, 7) is 14.7. The Balaban J connectivity index is 2.70. The highest BCUT2D eigenvalue weighted by Crippen LogP contribution is 2.32. The number of rotatable bonds is 4. The van der Waals surface area contributed by atoms with E-state index in [1.54, 1.807) is 0 Å². The minimum absolute atomic E-state index is 0.192. The zero-order chi connectivity index (χ0) is 12.3. The van der Waals surface area contributed by atoms with Gasteiger partial charge in [-0.15, -0.1) is 0 Å². The monoisotopic (exact) mass is 244 g/mol. The molecule has 0 aromatic heterocycles. The number of hydrogen-bond donors (Lipinski definition) is 1. The van der Waals surface area contributed by atoms with Crippen LogP contribution in [0, 0.1) is 5.92 Å². The molecule has 16 heavy (non-hydrogen) atoms. The summed E-state index contributed by atoms with van der Waals surface area (Å²) in [6.07, 6.45) is 1.20. The third kappa shape index (κ3) is 3.64. The van der Waals surface area contributed by atoms with E-state index in [1.165, 1.54) is 19.5 Å². The Hall–Kier alpha value is 0.270. The molecule has 1 heterocycles. The molecule has 1 aliphatic heterocycles. The van der Waals surface area contributed by atoms with E-state index in [1.807, 2.05) is 0 Å². The second-order valence-corrected chi connectivity index (χ2v) is 7.84. The van der Waals surface area contributed by atoms with E-state index < -0.39 is 0 Å². The minimum Gasteiger partial charge on any atom is -0.329 e. The second-order valence-electron chi connectivity index (χ2n) is 5.96. The van der Waals surface area contributed by atoms with Gasteiger partial charge in [-0.1, -0.05) is 27.7 Å². The first kappa shape index (κ1) is 14.3. The average molecular weight is 244 g/mol. The lowest BCUT2D eigenvalue weighted by atomic mass is 9.88. The lowest BCUT2D eigenvalue weighted by molar-refractivity contribution is 0.0872. The molecular weight excluding hydrogens is 216 g/mol. The van der Waals surface area contributed by atoms with Crippen LogP contribution in [-0.2, 0) is 0 Å². The van der Waals surface area contributed by atoms with Crippen molar-refractivity contribution < 1.29 is 0 Å². The molecule has 0 aromatic carbocycles. The van der Waals surface area contributed by atoms with Crippen molar-refractivity contribution in [2.45, 2.75) is 57.1 Å². The minimum atomic E-state index is 0.192. The molecule has 0 bridgehead atoms. The molecule has 0 saturated carbocycles. The summed E-state index contributed by atoms with van der Waals surface area (Å²) in [5.41, 5.74) is 6.22. The Morgan fingerprint density at radius 1 is 1.31 bits per heavy atom. The molecule has 0 aliphatic carbocycles. The van der Waals surface area contributed by atoms with E-state index in [0.717, 1.165) is 17.0 Å². The van der Waals surface area contributed by atoms with Gasteiger partial charge in [0.05, 0.1) is 0 Å². The van der Waals surface area contributed by atoms with Crippen LogP contribution < -0.4 is 5.73 Å². The van der Waals surface area contributed by atoms with Crippen molar-refractivity contribution in [2.24, 2.45) is 11.7 Å². The maximum absolute atomic E-state index is 6.03. The predicted octanol–water partition coefficient (Wildman–Crippen LogP) is 2.58. The summed E-state index contributed by atoms with van der Waals surface area (Å²) in [7, 11) is 0. The van der Waals surface area contributed by atoms with Gasteiger partial charge in [0, 0.05) is 35.7 Å². The molecule has 1 aliphatic rings. The maximum Gasteiger partial charge on any atom is 0.0306 e. The molecule has 0 amide bonds. The fourth-order valence-electron chi connectivity index (χ4n) is 2.84. The summed E-state index contributed by atoms with van der Waals surface area (Å²) in [6, 6.07) is 0. The zero-order valence-corrected chi connectivity index (χ0v) is 12.3. The summed E-state index contributed by atoms with van der Waals surface area (Å²) < 4.78 is 0. The highest BCUT2D eigenvalue weighted by atomic mass is 32.2. The fraction of sp³-hybridized carbons (Fsp3) is 1.00. The van der Waals surface area contributed by atoms with E-state index >= 15 is 0 Å². The number of hydrogen-bond acceptors (Lipinski definition) is 3. The first-order valence-corrected chi connectivity index (χ1v) is 7.42. The van der Waals surface area contributed by atoms with Gasteiger partial charge in [-0.2, -0.15) is 11.8 Å². The topological polar surface area (TPSA) is 29.3 Å². The van der Waals surface area contributed by atoms with Crippen LogP contribution in [0.1, 0.15) is 41.0 Å². The molecule has 3 heteroatoms. The van der Waals surface area contributed by atoms with Gasteiger partial charge in [-0.05, 0) is 19.3 Å². The first-order valence-electron chi connectivity index (χ1n) is 6.48. The molecule has 3 atom stereocenters. The van der Waals surface area contributed by atoms with Gasteiger partial charge in [-0.3, -0.25) is 4.90 Å². The number of thioether (sulfide) groups is 1. The lowest BCUT2D eigenvalue weighted by Crippen LogP contribution is -2.57. The van der Waals surface area contributed by atoms with Gasteiger partial charge in [0.25, 0.3) is 0 Å². The molecule has 1 rings (SSSR count). The highest BCUT2D eigenvalue weighted by Gasteiger charge is 2.35. The van der Waals surface area contributed by atoms with Gasteiger partial charge in [0.2, 0.25) is 0 Å². The van der Waals surface area contributed by atoms with Crippen molar-refractivity contribution in [3.63, 3.8) is 0 Å². The van der Waals surface area contributed by atoms with Crippen molar-refractivity contribution in [3.05, 3.63) is 0 Å². The summed E-state index contributed by atoms with van der Waals surface area (Å²) in [5.74, 6) is 0.716. The van der Waals surface area contributed by atoms with E-state index in [-0.39, 0.29) is 5.54 Å². The highest BCUT2D eigenvalue weighted by molar-refractivity contribution is 8.00. The van der Waals surface area contributed by atoms with Gasteiger partial charge in [0.1, 0.15) is 0 Å². The molecule has 3 unspecified atom stereocenters. The zero-order valence-electron chi connectivity index (χ0n) is 11.5. The van der Waals surface area contributed by atoms with Crippen molar-refractivity contribution in [3.8, 4) is 0 Å². The Morgan fingerprint density at radius 3 is 2.19 bits per heavy atom. The first-order chi connectivity index (χ1) is 7.37. The Morgan fingerprint density at radius 2 is 1.81 bits per heavy atom. The van der Waals surface area contributed by atoms with Gasteiger partial charge >= 0.3 is 0 Å². The summed E-state index contributed by atoms with van der Waals surface area (Å²) in [4.78, 5) is 2.62. The van der Waals surface area contributed by atoms with Crippen molar-refractivity contribution >= 4 is 11.8 Å². The van der Waals surface area contributed by atoms with Crippen LogP contribution in [-0.4, -0.2) is 40.6 Å². The van der Waals surface area contributed by atoms with Gasteiger partial charge in [0.15, 0.2) is 0 Å². The van der Waals surface area contributed by atoms with Crippen LogP contribution in [0.4, 0.5) is 0 Å². The maximum atomic E-state index is 6.03. The average Bonchev–Trinajstić information content (AvgIpc) is 2.15. The standard InChI is InChI=1S/C13H28N2S/c1-10(2)6-13(5,9-14)15-7-11(3)16-12(4)8-15/h10-12H,6-9,14H2,1-5H3. The normalized spacial score (nSPS) is 31.7. The number of nitrogens with zero attached hydrogens (tertiary/aromatic N) is 1. The smallest absolute Gasteiger partial charge is 0.0306 e. The summed E-state index contributed by atoms with van der Waals surface area (Å²) >= 11 is 2.11. The molecule has 0 aromatic rings. The third-order valence-corrected chi connectivity index (χ3v) is 4.70. The van der Waals surface area contributed by atoms with E-state index in [2.05, 4.69) is 51.3 Å². The molecule has 0 radical (unpaired) electrons. The Bertz CT molecular complexity index is 210. The van der Waals surface area contributed by atoms with Crippen LogP contribution in [0.2, 0.25) is 0 Å². The van der Waals surface area contributed by atoms with Crippen molar-refractivity contribution in [1.29, 1.82) is 0 Å². The quantitative estimate of drug-likeness (QED) is 0.824. The van der Waals surface area contributed by atoms with Crippen LogP contribution in [0.5, 0.6) is 0 Å². The lowest BCUT2D eigenvalue weighted by Gasteiger charge is -2.47. The SMILES string of the molecule is CC(C)CC(C)(CN)N1CC(C)SC(C)C1. The van der Waals surface area contributed by atoms with Gasteiger partial charge < -0.3 is 5.73 Å². The third-order valence-electron chi connectivity index (χ3n) is 3.47. The second kappa shape index (κ2) is 5.74. The number of nitrogens with two attached hydrogens (primary N) is 1. The molecule has 1 saturated heterocycles. The van der Waals surface area contributed by atoms with Crippen molar-refractivity contribution in [1.82, 2.24) is 4.90 Å². The van der Waals surface area contributed by atoms with Crippen LogP contribution >= 0.6 is 11.8 Å². The Kier molecular flexibility index (Phi) is 5.14. The summed E-state index contributed by atoms with van der Waals surface area (Å²) in [5, 5.41) is 1.48. The van der Waals surface area contributed by atoms with Crippen LogP contribution in [0.25, 0.3) is 0 Å². The van der Waals surface area contributed by atoms with E-state index in [9.17, 15) is 0 Å². The van der Waals surface area contributed by atoms with Crippen LogP contribution in [0.15, 0.2) is 0 Å². The molecule has 2 N–H and O–H groups in total. The molecule has 96 valence electrons. The van der Waals surface area contributed by atoms with Crippen molar-refractivity contribution in [2.75, 3.05) is 19.6 Å². The molecule has 2 nitrogen and oxygen atoms in total. The van der Waals surface area contributed by atoms with E-state index in [0.29, 0.717) is 5.92 Å². The fourth-order valence-corrected chi connectivity index (χ4v) is 4.16. The van der Waals surface area contributed by atoms with E-state index in [4.69, 9.17) is 5.73 Å². The molecule has 1 fully saturated rings. The Labute approximate surface area is 105 Å². The van der Waals surface area contributed by atoms with Crippen LogP contribution in [0.3, 0.4) is 0 Å².